The lowest BCUT2D eigenvalue weighted by molar-refractivity contribution is 0.709. The first-order valence-electron chi connectivity index (χ1n) is 3.67. The van der Waals surface area contributed by atoms with Crippen LogP contribution < -0.4 is 0 Å². The zero-order valence-electron chi connectivity index (χ0n) is 6.84. The lowest BCUT2D eigenvalue weighted by Gasteiger charge is -2.14. The van der Waals surface area contributed by atoms with Crippen LogP contribution in [0.2, 0.25) is 0 Å². The molecule has 0 aliphatic carbocycles. The number of aromatic nitrogens is 1. The maximum atomic E-state index is 4.23. The fourth-order valence-corrected chi connectivity index (χ4v) is 1.22. The lowest BCUT2D eigenvalue weighted by atomic mass is 10.1. The van der Waals surface area contributed by atoms with E-state index in [0.29, 0.717) is 0 Å². The summed E-state index contributed by atoms with van der Waals surface area (Å²) in [5.74, 6) is 0. The van der Waals surface area contributed by atoms with Gasteiger partial charge in [-0.1, -0.05) is 22.0 Å². The Labute approximate surface area is 76.0 Å². The van der Waals surface area contributed by atoms with E-state index in [2.05, 4.69) is 34.8 Å². The summed E-state index contributed by atoms with van der Waals surface area (Å²) in [4.78, 5) is 4.23. The van der Waals surface area contributed by atoms with Gasteiger partial charge in [-0.05, 0) is 26.0 Å². The zero-order valence-corrected chi connectivity index (χ0v) is 8.43. The largest absolute Gasteiger partial charge is 0.261 e. The van der Waals surface area contributed by atoms with Crippen molar-refractivity contribution < 1.29 is 0 Å². The Balaban J connectivity index is 2.66. The first kappa shape index (κ1) is 8.72. The predicted octanol–water partition coefficient (Wildman–Crippen LogP) is 2.80. The topological polar surface area (TPSA) is 12.9 Å². The maximum Gasteiger partial charge on any atom is 0.0417 e. The fourth-order valence-electron chi connectivity index (χ4n) is 0.933. The van der Waals surface area contributed by atoms with Crippen LogP contribution in [0.15, 0.2) is 24.4 Å². The Kier molecular flexibility index (Phi) is 2.66. The molecule has 0 radical (unpaired) electrons. The van der Waals surface area contributed by atoms with Gasteiger partial charge in [0, 0.05) is 22.6 Å². The molecule has 0 saturated heterocycles. The highest BCUT2D eigenvalue weighted by atomic mass is 79.9. The van der Waals surface area contributed by atoms with E-state index in [9.17, 15) is 0 Å². The van der Waals surface area contributed by atoms with Crippen molar-refractivity contribution in [3.8, 4) is 0 Å². The third kappa shape index (κ3) is 3.51. The number of nitrogens with zero attached hydrogens (tertiary/aromatic N) is 1. The molecule has 0 aliphatic heterocycles. The molecule has 0 aromatic carbocycles. The minimum absolute atomic E-state index is 0.154. The molecule has 1 aromatic rings. The maximum absolute atomic E-state index is 4.23. The summed E-state index contributed by atoms with van der Waals surface area (Å²) in [6.07, 6.45) is 2.79. The van der Waals surface area contributed by atoms with Crippen molar-refractivity contribution in [1.82, 2.24) is 4.98 Å². The van der Waals surface area contributed by atoms with Crippen molar-refractivity contribution in [2.45, 2.75) is 24.6 Å². The second-order valence-corrected chi connectivity index (χ2v) is 5.36. The molecule has 1 heterocycles. The van der Waals surface area contributed by atoms with E-state index in [1.165, 1.54) is 0 Å². The number of hydrogen-bond donors (Lipinski definition) is 0. The molecular formula is C9H12BrN. The highest BCUT2D eigenvalue weighted by Crippen LogP contribution is 2.20. The smallest absolute Gasteiger partial charge is 0.0417 e. The van der Waals surface area contributed by atoms with Crippen LogP contribution in [0, 0.1) is 0 Å². The van der Waals surface area contributed by atoms with Crippen molar-refractivity contribution in [2.24, 2.45) is 0 Å². The Bertz CT molecular complexity index is 213. The van der Waals surface area contributed by atoms with Crippen molar-refractivity contribution >= 4 is 15.9 Å². The number of pyridine rings is 1. The molecule has 0 aliphatic rings. The molecule has 0 N–H and O–H groups in total. The van der Waals surface area contributed by atoms with Crippen molar-refractivity contribution in [1.29, 1.82) is 0 Å². The van der Waals surface area contributed by atoms with Crippen molar-refractivity contribution in [3.05, 3.63) is 30.1 Å². The molecule has 0 atom stereocenters. The van der Waals surface area contributed by atoms with Crippen LogP contribution in [0.5, 0.6) is 0 Å². The summed E-state index contributed by atoms with van der Waals surface area (Å²) in [5, 5.41) is 0. The molecule has 0 saturated carbocycles. The molecule has 0 spiro atoms. The summed E-state index contributed by atoms with van der Waals surface area (Å²) in [6.45, 7) is 4.28. The van der Waals surface area contributed by atoms with Crippen molar-refractivity contribution in [3.63, 3.8) is 0 Å². The van der Waals surface area contributed by atoms with Gasteiger partial charge in [0.1, 0.15) is 0 Å². The third-order valence-electron chi connectivity index (χ3n) is 1.33. The van der Waals surface area contributed by atoms with Gasteiger partial charge in [-0.3, -0.25) is 4.98 Å². The van der Waals surface area contributed by atoms with E-state index in [4.69, 9.17) is 0 Å². The monoisotopic (exact) mass is 213 g/mol. The molecule has 11 heavy (non-hydrogen) atoms. The van der Waals surface area contributed by atoms with Gasteiger partial charge in [0.05, 0.1) is 0 Å². The second kappa shape index (κ2) is 3.35. The molecule has 0 bridgehead atoms. The van der Waals surface area contributed by atoms with Crippen LogP contribution in [0.3, 0.4) is 0 Å². The Morgan fingerprint density at radius 1 is 1.45 bits per heavy atom. The molecule has 0 amide bonds. The summed E-state index contributed by atoms with van der Waals surface area (Å²) in [7, 11) is 0. The predicted molar refractivity (Wildman–Crippen MR) is 50.9 cm³/mol. The minimum atomic E-state index is 0.154. The lowest BCUT2D eigenvalue weighted by Crippen LogP contribution is -2.13. The van der Waals surface area contributed by atoms with Crippen LogP contribution in [-0.4, -0.2) is 9.31 Å². The second-order valence-electron chi connectivity index (χ2n) is 3.22. The number of rotatable bonds is 2. The average molecular weight is 214 g/mol. The summed E-state index contributed by atoms with van der Waals surface area (Å²) in [6, 6.07) is 5.99. The fraction of sp³-hybridized carbons (Fsp3) is 0.444. The number of alkyl halides is 1. The minimum Gasteiger partial charge on any atom is -0.261 e. The van der Waals surface area contributed by atoms with Gasteiger partial charge in [-0.25, -0.2) is 0 Å². The molecule has 0 unspecified atom stereocenters. The third-order valence-corrected chi connectivity index (χ3v) is 1.61. The van der Waals surface area contributed by atoms with Gasteiger partial charge < -0.3 is 0 Å². The number of halogens is 1. The highest BCUT2D eigenvalue weighted by Gasteiger charge is 2.13. The Morgan fingerprint density at radius 3 is 2.64 bits per heavy atom. The van der Waals surface area contributed by atoms with E-state index in [1.807, 2.05) is 24.4 Å². The molecule has 1 aromatic heterocycles. The van der Waals surface area contributed by atoms with Gasteiger partial charge >= 0.3 is 0 Å². The first-order valence-corrected chi connectivity index (χ1v) is 4.46. The molecule has 1 nitrogen and oxygen atoms in total. The molecule has 60 valence electrons. The summed E-state index contributed by atoms with van der Waals surface area (Å²) < 4.78 is 0.154. The molecular weight excluding hydrogens is 202 g/mol. The SMILES string of the molecule is CC(C)(Br)Cc1ccccn1. The first-order chi connectivity index (χ1) is 5.08. The van der Waals surface area contributed by atoms with Crippen LogP contribution in [0.25, 0.3) is 0 Å². The van der Waals surface area contributed by atoms with Gasteiger partial charge in [-0.2, -0.15) is 0 Å². The zero-order chi connectivity index (χ0) is 8.32. The van der Waals surface area contributed by atoms with Crippen LogP contribution in [0.1, 0.15) is 19.5 Å². The van der Waals surface area contributed by atoms with Crippen LogP contribution in [0.4, 0.5) is 0 Å². The Hall–Kier alpha value is -0.370. The van der Waals surface area contributed by atoms with Gasteiger partial charge in [0.15, 0.2) is 0 Å². The van der Waals surface area contributed by atoms with Gasteiger partial charge in [0.2, 0.25) is 0 Å². The average Bonchev–Trinajstić information content (AvgIpc) is 1.85. The van der Waals surface area contributed by atoms with Gasteiger partial charge in [-0.15, -0.1) is 0 Å². The van der Waals surface area contributed by atoms with Crippen molar-refractivity contribution in [2.75, 3.05) is 0 Å². The quantitative estimate of drug-likeness (QED) is 0.690. The standard InChI is InChI=1S/C9H12BrN/c1-9(2,10)7-8-5-3-4-6-11-8/h3-6H,7H2,1-2H3. The van der Waals surface area contributed by atoms with E-state index >= 15 is 0 Å². The number of hydrogen-bond acceptors (Lipinski definition) is 1. The van der Waals surface area contributed by atoms with Gasteiger partial charge in [0.25, 0.3) is 0 Å². The normalized spacial score (nSPS) is 11.5. The van der Waals surface area contributed by atoms with E-state index in [-0.39, 0.29) is 4.32 Å². The van der Waals surface area contributed by atoms with E-state index in [1.54, 1.807) is 0 Å². The molecule has 2 heteroatoms. The Morgan fingerprint density at radius 2 is 2.18 bits per heavy atom. The van der Waals surface area contributed by atoms with Crippen LogP contribution in [-0.2, 0) is 6.42 Å². The summed E-state index contributed by atoms with van der Waals surface area (Å²) in [5.41, 5.74) is 1.13. The van der Waals surface area contributed by atoms with E-state index < -0.39 is 0 Å². The van der Waals surface area contributed by atoms with E-state index in [0.717, 1.165) is 12.1 Å². The molecule has 1 rings (SSSR count). The summed E-state index contributed by atoms with van der Waals surface area (Å²) >= 11 is 3.58. The highest BCUT2D eigenvalue weighted by molar-refractivity contribution is 9.10. The molecule has 0 fully saturated rings. The van der Waals surface area contributed by atoms with Crippen LogP contribution >= 0.6 is 15.9 Å².